The molecular formula is C11H19NS. The average Bonchev–Trinajstić information content (AvgIpc) is 2.65. The second-order valence-electron chi connectivity index (χ2n) is 3.37. The van der Waals surface area contributed by atoms with E-state index in [2.05, 4.69) is 36.8 Å². The smallest absolute Gasteiger partial charge is 0.00615 e. The quantitative estimate of drug-likeness (QED) is 0.739. The summed E-state index contributed by atoms with van der Waals surface area (Å²) in [5.41, 5.74) is 0. The van der Waals surface area contributed by atoms with Crippen molar-refractivity contribution < 1.29 is 0 Å². The van der Waals surface area contributed by atoms with Crippen LogP contribution in [0.15, 0.2) is 17.5 Å². The van der Waals surface area contributed by atoms with Crippen LogP contribution in [0.4, 0.5) is 0 Å². The van der Waals surface area contributed by atoms with Crippen molar-refractivity contribution in [2.45, 2.75) is 38.6 Å². The Morgan fingerprint density at radius 2 is 2.38 bits per heavy atom. The van der Waals surface area contributed by atoms with Gasteiger partial charge in [-0.05, 0) is 44.2 Å². The molecule has 1 atom stereocenters. The molecule has 0 bridgehead atoms. The molecule has 1 aromatic heterocycles. The lowest BCUT2D eigenvalue weighted by molar-refractivity contribution is 0.492. The van der Waals surface area contributed by atoms with E-state index in [1.807, 2.05) is 11.3 Å². The van der Waals surface area contributed by atoms with Crippen LogP contribution in [0.5, 0.6) is 0 Å². The Balaban J connectivity index is 2.13. The fourth-order valence-electron chi connectivity index (χ4n) is 1.53. The normalized spacial score (nSPS) is 13.1. The van der Waals surface area contributed by atoms with Gasteiger partial charge in [0.1, 0.15) is 0 Å². The van der Waals surface area contributed by atoms with E-state index in [0.717, 1.165) is 0 Å². The Hall–Kier alpha value is -0.340. The molecule has 13 heavy (non-hydrogen) atoms. The molecule has 1 rings (SSSR count). The summed E-state index contributed by atoms with van der Waals surface area (Å²) >= 11 is 1.87. The minimum atomic E-state index is 0.708. The minimum absolute atomic E-state index is 0.708. The molecule has 74 valence electrons. The number of nitrogens with one attached hydrogen (secondary N) is 1. The van der Waals surface area contributed by atoms with Crippen LogP contribution in [0.2, 0.25) is 0 Å². The maximum atomic E-state index is 3.34. The molecule has 0 saturated heterocycles. The summed E-state index contributed by atoms with van der Waals surface area (Å²) in [5.74, 6) is 0. The van der Waals surface area contributed by atoms with Crippen LogP contribution in [0, 0.1) is 0 Å². The van der Waals surface area contributed by atoms with E-state index in [9.17, 15) is 0 Å². The van der Waals surface area contributed by atoms with Crippen LogP contribution in [-0.2, 0) is 6.42 Å². The Morgan fingerprint density at radius 1 is 1.54 bits per heavy atom. The van der Waals surface area contributed by atoms with Crippen molar-refractivity contribution >= 4 is 11.3 Å². The topological polar surface area (TPSA) is 12.0 Å². The van der Waals surface area contributed by atoms with E-state index in [4.69, 9.17) is 0 Å². The van der Waals surface area contributed by atoms with E-state index in [-0.39, 0.29) is 0 Å². The number of hydrogen-bond acceptors (Lipinski definition) is 2. The maximum absolute atomic E-state index is 3.34. The Bertz CT molecular complexity index is 202. The van der Waals surface area contributed by atoms with Crippen LogP contribution in [-0.4, -0.2) is 13.1 Å². The molecule has 1 unspecified atom stereocenters. The predicted molar refractivity (Wildman–Crippen MR) is 60.4 cm³/mol. The van der Waals surface area contributed by atoms with E-state index >= 15 is 0 Å². The van der Waals surface area contributed by atoms with Gasteiger partial charge in [-0.3, -0.25) is 0 Å². The Labute approximate surface area is 85.2 Å². The average molecular weight is 197 g/mol. The molecular weight excluding hydrogens is 178 g/mol. The molecule has 0 aliphatic carbocycles. The molecule has 0 saturated carbocycles. The third-order valence-corrected chi connectivity index (χ3v) is 3.39. The molecule has 0 aromatic carbocycles. The van der Waals surface area contributed by atoms with Gasteiger partial charge in [-0.25, -0.2) is 0 Å². The fourth-order valence-corrected chi connectivity index (χ4v) is 2.28. The second-order valence-corrected chi connectivity index (χ2v) is 4.40. The van der Waals surface area contributed by atoms with E-state index < -0.39 is 0 Å². The summed E-state index contributed by atoms with van der Waals surface area (Å²) in [4.78, 5) is 1.52. The van der Waals surface area contributed by atoms with Gasteiger partial charge in [-0.1, -0.05) is 13.0 Å². The second kappa shape index (κ2) is 6.17. The Kier molecular flexibility index (Phi) is 5.09. The van der Waals surface area contributed by atoms with Crippen molar-refractivity contribution in [1.29, 1.82) is 0 Å². The lowest BCUT2D eigenvalue weighted by Crippen LogP contribution is -2.23. The highest BCUT2D eigenvalue weighted by Gasteiger charge is 2.02. The first-order chi connectivity index (χ1) is 6.36. The predicted octanol–water partition coefficient (Wildman–Crippen LogP) is 3.07. The van der Waals surface area contributed by atoms with Gasteiger partial charge < -0.3 is 5.32 Å². The van der Waals surface area contributed by atoms with Crippen molar-refractivity contribution in [2.24, 2.45) is 0 Å². The summed E-state index contributed by atoms with van der Waals surface area (Å²) in [6, 6.07) is 5.07. The van der Waals surface area contributed by atoms with Crippen LogP contribution in [0.25, 0.3) is 0 Å². The number of rotatable bonds is 6. The van der Waals surface area contributed by atoms with Gasteiger partial charge >= 0.3 is 0 Å². The first-order valence-electron chi connectivity index (χ1n) is 5.06. The van der Waals surface area contributed by atoms with Gasteiger partial charge in [-0.15, -0.1) is 11.3 Å². The standard InChI is InChI=1S/C11H19NS/c1-3-10(12-2)6-4-7-11-8-5-9-13-11/h5,8-10,12H,3-4,6-7H2,1-2H3. The molecule has 1 aromatic rings. The highest BCUT2D eigenvalue weighted by Crippen LogP contribution is 2.13. The molecule has 0 amide bonds. The largest absolute Gasteiger partial charge is 0.317 e. The zero-order valence-corrected chi connectivity index (χ0v) is 9.36. The molecule has 0 aliphatic rings. The van der Waals surface area contributed by atoms with Crippen LogP contribution in [0.3, 0.4) is 0 Å². The highest BCUT2D eigenvalue weighted by molar-refractivity contribution is 7.09. The molecule has 0 aliphatic heterocycles. The third kappa shape index (κ3) is 3.92. The Morgan fingerprint density at radius 3 is 2.92 bits per heavy atom. The summed E-state index contributed by atoms with van der Waals surface area (Å²) in [6.07, 6.45) is 5.08. The zero-order chi connectivity index (χ0) is 9.52. The molecule has 1 N–H and O–H groups in total. The van der Waals surface area contributed by atoms with Crippen molar-refractivity contribution in [3.05, 3.63) is 22.4 Å². The molecule has 1 heterocycles. The summed E-state index contributed by atoms with van der Waals surface area (Å²) in [7, 11) is 2.05. The molecule has 2 heteroatoms. The lowest BCUT2D eigenvalue weighted by atomic mass is 10.1. The number of hydrogen-bond donors (Lipinski definition) is 1. The molecule has 0 spiro atoms. The fraction of sp³-hybridized carbons (Fsp3) is 0.636. The van der Waals surface area contributed by atoms with Gasteiger partial charge in [0.2, 0.25) is 0 Å². The first kappa shape index (κ1) is 10.7. The first-order valence-corrected chi connectivity index (χ1v) is 5.94. The minimum Gasteiger partial charge on any atom is -0.317 e. The van der Waals surface area contributed by atoms with Crippen LogP contribution < -0.4 is 5.32 Å². The van der Waals surface area contributed by atoms with E-state index in [0.29, 0.717) is 6.04 Å². The summed E-state index contributed by atoms with van der Waals surface area (Å²) in [6.45, 7) is 2.24. The van der Waals surface area contributed by atoms with Crippen molar-refractivity contribution in [2.75, 3.05) is 7.05 Å². The SMILES string of the molecule is CCC(CCCc1cccs1)NC. The molecule has 0 radical (unpaired) electrons. The van der Waals surface area contributed by atoms with Crippen molar-refractivity contribution in [3.8, 4) is 0 Å². The summed E-state index contributed by atoms with van der Waals surface area (Å²) < 4.78 is 0. The summed E-state index contributed by atoms with van der Waals surface area (Å²) in [5, 5.41) is 5.49. The monoisotopic (exact) mass is 197 g/mol. The van der Waals surface area contributed by atoms with Crippen LogP contribution in [0.1, 0.15) is 31.1 Å². The van der Waals surface area contributed by atoms with Gasteiger partial charge in [0.25, 0.3) is 0 Å². The van der Waals surface area contributed by atoms with Crippen molar-refractivity contribution in [3.63, 3.8) is 0 Å². The van der Waals surface area contributed by atoms with Gasteiger partial charge in [0, 0.05) is 10.9 Å². The number of thiophene rings is 1. The number of aryl methyl sites for hydroxylation is 1. The van der Waals surface area contributed by atoms with E-state index in [1.54, 1.807) is 0 Å². The van der Waals surface area contributed by atoms with E-state index in [1.165, 1.54) is 30.6 Å². The molecule has 0 fully saturated rings. The third-order valence-electron chi connectivity index (χ3n) is 2.46. The van der Waals surface area contributed by atoms with Crippen LogP contribution >= 0.6 is 11.3 Å². The van der Waals surface area contributed by atoms with Gasteiger partial charge in [0.15, 0.2) is 0 Å². The lowest BCUT2D eigenvalue weighted by Gasteiger charge is -2.12. The molecule has 1 nitrogen and oxygen atoms in total. The van der Waals surface area contributed by atoms with Crippen molar-refractivity contribution in [1.82, 2.24) is 5.32 Å². The van der Waals surface area contributed by atoms with Gasteiger partial charge in [-0.2, -0.15) is 0 Å². The van der Waals surface area contributed by atoms with Gasteiger partial charge in [0.05, 0.1) is 0 Å². The maximum Gasteiger partial charge on any atom is 0.00615 e. The highest BCUT2D eigenvalue weighted by atomic mass is 32.1. The zero-order valence-electron chi connectivity index (χ0n) is 8.55.